The van der Waals surface area contributed by atoms with Gasteiger partial charge in [0.1, 0.15) is 0 Å². The van der Waals surface area contributed by atoms with Gasteiger partial charge < -0.3 is 10.2 Å². The Balaban J connectivity index is 1.58. The van der Waals surface area contributed by atoms with Gasteiger partial charge in [0, 0.05) is 23.2 Å². The normalized spacial score (nSPS) is 15.9. The third-order valence-corrected chi connectivity index (χ3v) is 7.08. The minimum atomic E-state index is -0.363. The van der Waals surface area contributed by atoms with E-state index in [0.717, 1.165) is 34.3 Å². The van der Waals surface area contributed by atoms with Gasteiger partial charge in [-0.1, -0.05) is 101 Å². The van der Waals surface area contributed by atoms with Crippen LogP contribution in [0.5, 0.6) is 0 Å². The quantitative estimate of drug-likeness (QED) is 0.314. The molecule has 1 N–H and O–H groups in total. The Morgan fingerprint density at radius 1 is 0.853 bits per heavy atom. The summed E-state index contributed by atoms with van der Waals surface area (Å²) < 4.78 is 1.00. The van der Waals surface area contributed by atoms with Crippen LogP contribution in [-0.4, -0.2) is 12.5 Å². The molecule has 0 saturated heterocycles. The molecule has 0 bridgehead atoms. The summed E-state index contributed by atoms with van der Waals surface area (Å²) in [5.74, 6) is -0.327. The maximum atomic E-state index is 13.9. The van der Waals surface area contributed by atoms with Crippen molar-refractivity contribution in [3.05, 3.63) is 136 Å². The second-order valence-corrected chi connectivity index (χ2v) is 9.57. The van der Waals surface area contributed by atoms with E-state index < -0.39 is 0 Å². The highest BCUT2D eigenvalue weighted by atomic mass is 79.9. The second-order valence-electron chi connectivity index (χ2n) is 8.66. The first-order valence-corrected chi connectivity index (χ1v) is 12.5. The Bertz CT molecular complexity index is 1240. The first-order valence-electron chi connectivity index (χ1n) is 11.7. The van der Waals surface area contributed by atoms with Crippen LogP contribution < -0.4 is 10.2 Å². The monoisotopic (exact) mass is 510 g/mol. The van der Waals surface area contributed by atoms with Gasteiger partial charge in [-0.3, -0.25) is 4.79 Å². The summed E-state index contributed by atoms with van der Waals surface area (Å²) in [6.07, 6.45) is 0.959. The highest BCUT2D eigenvalue weighted by molar-refractivity contribution is 9.10. The van der Waals surface area contributed by atoms with Crippen LogP contribution in [0.4, 0.5) is 5.69 Å². The lowest BCUT2D eigenvalue weighted by Gasteiger charge is -2.43. The maximum absolute atomic E-state index is 13.9. The Morgan fingerprint density at radius 3 is 2.24 bits per heavy atom. The van der Waals surface area contributed by atoms with Gasteiger partial charge in [-0.2, -0.15) is 0 Å². The van der Waals surface area contributed by atoms with E-state index in [1.165, 1.54) is 11.1 Å². The molecule has 170 valence electrons. The van der Waals surface area contributed by atoms with E-state index in [4.69, 9.17) is 0 Å². The van der Waals surface area contributed by atoms with Crippen molar-refractivity contribution in [2.45, 2.75) is 24.9 Å². The number of hydrogen-bond acceptors (Lipinski definition) is 2. The van der Waals surface area contributed by atoms with Gasteiger partial charge in [-0.25, -0.2) is 0 Å². The predicted octanol–water partition coefficient (Wildman–Crippen LogP) is 6.65. The molecule has 0 spiro atoms. The van der Waals surface area contributed by atoms with Crippen molar-refractivity contribution in [3.8, 4) is 0 Å². The van der Waals surface area contributed by atoms with Crippen LogP contribution in [0.25, 0.3) is 0 Å². The molecular weight excluding hydrogens is 484 g/mol. The van der Waals surface area contributed by atoms with Gasteiger partial charge in [0.2, 0.25) is 5.91 Å². The van der Waals surface area contributed by atoms with Gasteiger partial charge in [0.15, 0.2) is 0 Å². The zero-order valence-corrected chi connectivity index (χ0v) is 20.5. The number of amides is 1. The average Bonchev–Trinajstić information content (AvgIpc) is 2.90. The minimum absolute atomic E-state index is 0.0359. The smallest absolute Gasteiger partial charge is 0.230 e. The van der Waals surface area contributed by atoms with Crippen molar-refractivity contribution in [3.63, 3.8) is 0 Å². The van der Waals surface area contributed by atoms with Crippen LogP contribution in [-0.2, 0) is 17.8 Å². The Labute approximate surface area is 209 Å². The molecular formula is C30H27BrN2O. The van der Waals surface area contributed by atoms with Crippen LogP contribution in [0.2, 0.25) is 0 Å². The molecule has 0 aliphatic carbocycles. The van der Waals surface area contributed by atoms with Crippen LogP contribution >= 0.6 is 15.9 Å². The molecule has 2 atom stereocenters. The lowest BCUT2D eigenvalue weighted by Crippen LogP contribution is -2.43. The van der Waals surface area contributed by atoms with Gasteiger partial charge in [-0.15, -0.1) is 0 Å². The maximum Gasteiger partial charge on any atom is 0.230 e. The number of halogens is 1. The molecule has 1 heterocycles. The largest absolute Gasteiger partial charge is 0.363 e. The van der Waals surface area contributed by atoms with Gasteiger partial charge in [0.05, 0.1) is 12.0 Å². The molecule has 0 saturated carbocycles. The summed E-state index contributed by atoms with van der Waals surface area (Å²) in [6.45, 7) is 1.37. The van der Waals surface area contributed by atoms with Crippen molar-refractivity contribution >= 4 is 27.5 Å². The van der Waals surface area contributed by atoms with E-state index in [1.807, 2.05) is 48.5 Å². The van der Waals surface area contributed by atoms with E-state index in [2.05, 4.69) is 86.8 Å². The van der Waals surface area contributed by atoms with Gasteiger partial charge in [-0.05, 0) is 52.9 Å². The second kappa shape index (κ2) is 10.3. The van der Waals surface area contributed by atoms with Crippen molar-refractivity contribution in [1.82, 2.24) is 5.32 Å². The summed E-state index contributed by atoms with van der Waals surface area (Å²) in [5.41, 5.74) is 5.78. The molecule has 1 aliphatic heterocycles. The summed E-state index contributed by atoms with van der Waals surface area (Å²) >= 11 is 3.55. The Hall–Kier alpha value is -3.37. The number of rotatable bonds is 6. The van der Waals surface area contributed by atoms with E-state index in [0.29, 0.717) is 6.54 Å². The molecule has 1 amide bonds. The fourth-order valence-corrected chi connectivity index (χ4v) is 5.17. The van der Waals surface area contributed by atoms with E-state index >= 15 is 0 Å². The number of hydrogen-bond donors (Lipinski definition) is 1. The van der Waals surface area contributed by atoms with Crippen LogP contribution in [0.3, 0.4) is 0 Å². The molecule has 34 heavy (non-hydrogen) atoms. The number of nitrogens with zero attached hydrogens (tertiary/aromatic N) is 1. The van der Waals surface area contributed by atoms with Crippen molar-refractivity contribution in [2.24, 2.45) is 0 Å². The molecule has 5 rings (SSSR count). The predicted molar refractivity (Wildman–Crippen MR) is 142 cm³/mol. The Morgan fingerprint density at radius 2 is 1.50 bits per heavy atom. The molecule has 0 fully saturated rings. The standard InChI is InChI=1S/C30H27BrN2O/c31-25-17-15-24(16-18-25)28(30(34)32-21-22-9-3-1-4-10-22)29-27-14-8-7-11-23(27)19-20-33(29)26-12-5-2-6-13-26/h1-18,28-29H,19-21H2,(H,32,34)/t28-,29+/m1/s1. The summed E-state index contributed by atoms with van der Waals surface area (Å²) in [6, 6.07) is 37.2. The van der Waals surface area contributed by atoms with Crippen LogP contribution in [0, 0.1) is 0 Å². The summed E-state index contributed by atoms with van der Waals surface area (Å²) in [5, 5.41) is 3.23. The highest BCUT2D eigenvalue weighted by Gasteiger charge is 2.38. The van der Waals surface area contributed by atoms with Gasteiger partial charge in [0.25, 0.3) is 0 Å². The van der Waals surface area contributed by atoms with Crippen molar-refractivity contribution in [1.29, 1.82) is 0 Å². The molecule has 0 aromatic heterocycles. The summed E-state index contributed by atoms with van der Waals surface area (Å²) in [4.78, 5) is 16.3. The van der Waals surface area contributed by atoms with E-state index in [-0.39, 0.29) is 17.9 Å². The molecule has 1 aliphatic rings. The number of carbonyl (C=O) groups excluding carboxylic acids is 1. The molecule has 0 unspecified atom stereocenters. The summed E-state index contributed by atoms with van der Waals surface area (Å²) in [7, 11) is 0. The third kappa shape index (κ3) is 4.78. The molecule has 4 aromatic carbocycles. The molecule has 4 heteroatoms. The van der Waals surface area contributed by atoms with E-state index in [1.54, 1.807) is 0 Å². The fourth-order valence-electron chi connectivity index (χ4n) is 4.91. The molecule has 0 radical (unpaired) electrons. The number of carbonyl (C=O) groups is 1. The van der Waals surface area contributed by atoms with Crippen LogP contribution in [0.1, 0.15) is 34.2 Å². The zero-order chi connectivity index (χ0) is 23.3. The van der Waals surface area contributed by atoms with Gasteiger partial charge >= 0.3 is 0 Å². The number of nitrogens with one attached hydrogen (secondary N) is 1. The molecule has 3 nitrogen and oxygen atoms in total. The minimum Gasteiger partial charge on any atom is -0.363 e. The first-order chi connectivity index (χ1) is 16.7. The molecule has 4 aromatic rings. The topological polar surface area (TPSA) is 32.3 Å². The van der Waals surface area contributed by atoms with Crippen LogP contribution in [0.15, 0.2) is 114 Å². The number of anilines is 1. The lowest BCUT2D eigenvalue weighted by atomic mass is 9.80. The lowest BCUT2D eigenvalue weighted by molar-refractivity contribution is -0.123. The first kappa shape index (κ1) is 22.4. The highest BCUT2D eigenvalue weighted by Crippen LogP contribution is 2.43. The van der Waals surface area contributed by atoms with E-state index in [9.17, 15) is 4.79 Å². The third-order valence-electron chi connectivity index (χ3n) is 6.56. The fraction of sp³-hybridized carbons (Fsp3) is 0.167. The SMILES string of the molecule is O=C(NCc1ccccc1)[C@H](c1ccc(Br)cc1)[C@@H]1c2ccccc2CCN1c1ccccc1. The zero-order valence-electron chi connectivity index (χ0n) is 18.9. The average molecular weight is 511 g/mol. The van der Waals surface area contributed by atoms with Crippen molar-refractivity contribution in [2.75, 3.05) is 11.4 Å². The number of para-hydroxylation sites is 1. The Kier molecular flexibility index (Phi) is 6.77. The number of benzene rings is 4. The number of fused-ring (bicyclic) bond motifs is 1. The van der Waals surface area contributed by atoms with Crippen molar-refractivity contribution < 1.29 is 4.79 Å².